The molecule has 15 heavy (non-hydrogen) atoms. The number of likely N-dealkylation sites (tertiary alicyclic amines) is 1. The van der Waals surface area contributed by atoms with Crippen molar-refractivity contribution in [2.45, 2.75) is 38.3 Å². The summed E-state index contributed by atoms with van der Waals surface area (Å²) in [6.07, 6.45) is 2.45. The predicted molar refractivity (Wildman–Crippen MR) is 61.6 cm³/mol. The van der Waals surface area contributed by atoms with Gasteiger partial charge in [-0.1, -0.05) is 6.92 Å². The minimum atomic E-state index is 0.0240. The molecule has 4 nitrogen and oxygen atoms in total. The Morgan fingerprint density at radius 2 is 2.27 bits per heavy atom. The zero-order chi connectivity index (χ0) is 11.4. The molecule has 1 rings (SSSR count). The average Bonchev–Trinajstić information content (AvgIpc) is 2.66. The zero-order valence-electron chi connectivity index (χ0n) is 10.1. The van der Waals surface area contributed by atoms with Crippen molar-refractivity contribution in [1.82, 2.24) is 9.80 Å². The molecule has 88 valence electrons. The van der Waals surface area contributed by atoms with Crippen molar-refractivity contribution in [1.29, 1.82) is 0 Å². The van der Waals surface area contributed by atoms with Gasteiger partial charge in [-0.25, -0.2) is 0 Å². The number of carbonyl (C=O) groups is 1. The molecule has 0 bridgehead atoms. The van der Waals surface area contributed by atoms with E-state index in [1.165, 1.54) is 0 Å². The maximum atomic E-state index is 11.8. The van der Waals surface area contributed by atoms with Gasteiger partial charge in [0.1, 0.15) is 0 Å². The summed E-state index contributed by atoms with van der Waals surface area (Å²) in [5.74, 6) is 0.216. The molecule has 0 aromatic rings. The van der Waals surface area contributed by atoms with Crippen molar-refractivity contribution in [2.75, 3.05) is 27.2 Å². The molecule has 2 N–H and O–H groups in total. The molecule has 0 radical (unpaired) electrons. The molecule has 1 fully saturated rings. The third kappa shape index (κ3) is 3.47. The first kappa shape index (κ1) is 12.5. The largest absolute Gasteiger partial charge is 0.341 e. The molecule has 2 atom stereocenters. The van der Waals surface area contributed by atoms with E-state index in [0.29, 0.717) is 12.5 Å². The fraction of sp³-hybridized carbons (Fsp3) is 0.909. The number of amides is 1. The van der Waals surface area contributed by atoms with Gasteiger partial charge < -0.3 is 15.5 Å². The number of nitrogens with two attached hydrogens (primary N) is 1. The van der Waals surface area contributed by atoms with Gasteiger partial charge in [0.25, 0.3) is 0 Å². The Hall–Kier alpha value is -0.610. The van der Waals surface area contributed by atoms with E-state index < -0.39 is 0 Å². The van der Waals surface area contributed by atoms with Crippen LogP contribution in [-0.2, 0) is 4.79 Å². The molecule has 0 saturated carbocycles. The molecule has 1 amide bonds. The lowest BCUT2D eigenvalue weighted by molar-refractivity contribution is -0.130. The van der Waals surface area contributed by atoms with E-state index in [2.05, 4.69) is 19.0 Å². The van der Waals surface area contributed by atoms with Crippen LogP contribution in [0.25, 0.3) is 0 Å². The maximum Gasteiger partial charge on any atom is 0.224 e. The van der Waals surface area contributed by atoms with Crippen LogP contribution < -0.4 is 5.73 Å². The summed E-state index contributed by atoms with van der Waals surface area (Å²) >= 11 is 0. The van der Waals surface area contributed by atoms with E-state index in [1.54, 1.807) is 0 Å². The third-order valence-corrected chi connectivity index (χ3v) is 3.21. The Bertz CT molecular complexity index is 218. The standard InChI is InChI=1S/C11H23N3O/c1-4-9(12)7-11(15)14-6-5-10(8-14)13(2)3/h9-10H,4-8,12H2,1-3H3. The maximum absolute atomic E-state index is 11.8. The quantitative estimate of drug-likeness (QED) is 0.729. The van der Waals surface area contributed by atoms with E-state index in [1.807, 2.05) is 11.8 Å². The van der Waals surface area contributed by atoms with Gasteiger partial charge in [-0.3, -0.25) is 4.79 Å². The van der Waals surface area contributed by atoms with E-state index in [0.717, 1.165) is 25.9 Å². The molecule has 0 aromatic heterocycles. The van der Waals surface area contributed by atoms with Gasteiger partial charge in [0.2, 0.25) is 5.91 Å². The normalized spacial score (nSPS) is 23.5. The van der Waals surface area contributed by atoms with Crippen LogP contribution in [0.15, 0.2) is 0 Å². The highest BCUT2D eigenvalue weighted by Gasteiger charge is 2.27. The molecular formula is C11H23N3O. The summed E-state index contributed by atoms with van der Waals surface area (Å²) in [7, 11) is 4.13. The predicted octanol–water partition coefficient (Wildman–Crippen LogP) is 0.276. The smallest absolute Gasteiger partial charge is 0.224 e. The molecule has 1 aliphatic heterocycles. The van der Waals surface area contributed by atoms with Gasteiger partial charge in [-0.05, 0) is 26.9 Å². The van der Waals surface area contributed by atoms with Crippen LogP contribution in [0.1, 0.15) is 26.2 Å². The van der Waals surface area contributed by atoms with Crippen molar-refractivity contribution in [3.05, 3.63) is 0 Å². The summed E-state index contributed by atoms with van der Waals surface area (Å²) in [6.45, 7) is 3.77. The monoisotopic (exact) mass is 213 g/mol. The summed E-state index contributed by atoms with van der Waals surface area (Å²) in [5.41, 5.74) is 5.78. The van der Waals surface area contributed by atoms with Crippen LogP contribution in [0, 0.1) is 0 Å². The van der Waals surface area contributed by atoms with Gasteiger partial charge in [0.05, 0.1) is 0 Å². The van der Waals surface area contributed by atoms with Crippen LogP contribution in [0.3, 0.4) is 0 Å². The second-order valence-electron chi connectivity index (χ2n) is 4.62. The van der Waals surface area contributed by atoms with Crippen molar-refractivity contribution in [3.8, 4) is 0 Å². The van der Waals surface area contributed by atoms with Crippen LogP contribution in [0.4, 0.5) is 0 Å². The highest BCUT2D eigenvalue weighted by Crippen LogP contribution is 2.14. The lowest BCUT2D eigenvalue weighted by Gasteiger charge is -2.21. The van der Waals surface area contributed by atoms with E-state index in [-0.39, 0.29) is 11.9 Å². The highest BCUT2D eigenvalue weighted by atomic mass is 16.2. The second kappa shape index (κ2) is 5.47. The minimum absolute atomic E-state index is 0.0240. The lowest BCUT2D eigenvalue weighted by atomic mass is 10.1. The van der Waals surface area contributed by atoms with Gasteiger partial charge in [-0.15, -0.1) is 0 Å². The van der Waals surface area contributed by atoms with Crippen LogP contribution in [0.5, 0.6) is 0 Å². The number of hydrogen-bond donors (Lipinski definition) is 1. The fourth-order valence-electron chi connectivity index (χ4n) is 1.89. The molecular weight excluding hydrogens is 190 g/mol. The summed E-state index contributed by atoms with van der Waals surface area (Å²) in [5, 5.41) is 0. The highest BCUT2D eigenvalue weighted by molar-refractivity contribution is 5.77. The topological polar surface area (TPSA) is 49.6 Å². The molecule has 1 heterocycles. The Labute approximate surface area is 92.4 Å². The van der Waals surface area contributed by atoms with E-state index in [9.17, 15) is 4.79 Å². The molecule has 2 unspecified atom stereocenters. The van der Waals surface area contributed by atoms with Gasteiger partial charge >= 0.3 is 0 Å². The third-order valence-electron chi connectivity index (χ3n) is 3.21. The van der Waals surface area contributed by atoms with Crippen molar-refractivity contribution in [2.24, 2.45) is 5.73 Å². The number of rotatable bonds is 4. The number of nitrogens with zero attached hydrogens (tertiary/aromatic N) is 2. The van der Waals surface area contributed by atoms with Gasteiger partial charge in [0.15, 0.2) is 0 Å². The number of hydrogen-bond acceptors (Lipinski definition) is 3. The fourth-order valence-corrected chi connectivity index (χ4v) is 1.89. The van der Waals surface area contributed by atoms with Gasteiger partial charge in [0, 0.05) is 31.6 Å². The molecule has 1 aliphatic rings. The summed E-state index contributed by atoms with van der Waals surface area (Å²) in [6, 6.07) is 0.544. The molecule has 1 saturated heterocycles. The minimum Gasteiger partial charge on any atom is -0.341 e. The lowest BCUT2D eigenvalue weighted by Crippen LogP contribution is -2.37. The Morgan fingerprint density at radius 1 is 1.60 bits per heavy atom. The Morgan fingerprint density at radius 3 is 2.73 bits per heavy atom. The molecule has 0 aliphatic carbocycles. The number of carbonyl (C=O) groups excluding carboxylic acids is 1. The first-order valence-corrected chi connectivity index (χ1v) is 5.74. The number of likely N-dealkylation sites (N-methyl/N-ethyl adjacent to an activating group) is 1. The average molecular weight is 213 g/mol. The molecule has 0 spiro atoms. The van der Waals surface area contributed by atoms with Crippen LogP contribution >= 0.6 is 0 Å². The van der Waals surface area contributed by atoms with Crippen molar-refractivity contribution >= 4 is 5.91 Å². The Balaban J connectivity index is 2.36. The van der Waals surface area contributed by atoms with Crippen molar-refractivity contribution in [3.63, 3.8) is 0 Å². The second-order valence-corrected chi connectivity index (χ2v) is 4.62. The van der Waals surface area contributed by atoms with Crippen LogP contribution in [-0.4, -0.2) is 55.0 Å². The summed E-state index contributed by atoms with van der Waals surface area (Å²) < 4.78 is 0. The van der Waals surface area contributed by atoms with Gasteiger partial charge in [-0.2, -0.15) is 0 Å². The Kier molecular flexibility index (Phi) is 4.54. The van der Waals surface area contributed by atoms with Crippen molar-refractivity contribution < 1.29 is 4.79 Å². The SMILES string of the molecule is CCC(N)CC(=O)N1CCC(N(C)C)C1. The summed E-state index contributed by atoms with van der Waals surface area (Å²) in [4.78, 5) is 15.9. The first-order chi connectivity index (χ1) is 7.04. The van der Waals surface area contributed by atoms with Crippen LogP contribution in [0.2, 0.25) is 0 Å². The first-order valence-electron chi connectivity index (χ1n) is 5.74. The van der Waals surface area contributed by atoms with E-state index >= 15 is 0 Å². The zero-order valence-corrected chi connectivity index (χ0v) is 10.1. The van der Waals surface area contributed by atoms with E-state index in [4.69, 9.17) is 5.73 Å². The molecule has 4 heteroatoms. The molecule has 0 aromatic carbocycles.